The average molecular weight is 395 g/mol. The van der Waals surface area contributed by atoms with E-state index in [9.17, 15) is 13.6 Å². The molecule has 1 heterocycles. The highest BCUT2D eigenvalue weighted by Gasteiger charge is 2.26. The molecule has 126 valence electrons. The highest BCUT2D eigenvalue weighted by Crippen LogP contribution is 2.31. The van der Waals surface area contributed by atoms with E-state index in [4.69, 9.17) is 40.5 Å². The van der Waals surface area contributed by atoms with Gasteiger partial charge in [-0.25, -0.2) is 14.2 Å². The van der Waals surface area contributed by atoms with Gasteiger partial charge < -0.3 is 5.73 Å². The number of carbonyl (C=O) groups excluding carboxylic acids is 1. The lowest BCUT2D eigenvalue weighted by Crippen LogP contribution is -2.29. The van der Waals surface area contributed by atoms with Crippen molar-refractivity contribution in [2.24, 2.45) is 5.10 Å². The van der Waals surface area contributed by atoms with Crippen molar-refractivity contribution in [3.8, 4) is 0 Å². The second kappa shape index (κ2) is 7.29. The summed E-state index contributed by atoms with van der Waals surface area (Å²) in [7, 11) is 0. The molecule has 5 nitrogen and oxygen atoms in total. The molecule has 0 spiro atoms. The normalized spacial score (nSPS) is 11.5. The summed E-state index contributed by atoms with van der Waals surface area (Å²) in [5.41, 5.74) is 7.00. The van der Waals surface area contributed by atoms with Crippen LogP contribution in [0, 0.1) is 11.6 Å². The Morgan fingerprint density at radius 2 is 1.79 bits per heavy atom. The van der Waals surface area contributed by atoms with Crippen molar-refractivity contribution in [1.29, 1.82) is 0 Å². The van der Waals surface area contributed by atoms with E-state index in [1.54, 1.807) is 0 Å². The number of nitrogen functional groups attached to an aromatic ring is 1. The lowest BCUT2D eigenvalue weighted by molar-refractivity contribution is -0.379. The summed E-state index contributed by atoms with van der Waals surface area (Å²) in [5, 5.41) is 3.37. The summed E-state index contributed by atoms with van der Waals surface area (Å²) in [6.07, 6.45) is 0. The number of hydrogen-bond acceptors (Lipinski definition) is 3. The number of pyridine rings is 1. The van der Waals surface area contributed by atoms with Gasteiger partial charge in [0.15, 0.2) is 0 Å². The van der Waals surface area contributed by atoms with Crippen LogP contribution in [0.3, 0.4) is 0 Å². The van der Waals surface area contributed by atoms with Gasteiger partial charge in [-0.05, 0) is 30.7 Å². The first-order valence-electron chi connectivity index (χ1n) is 6.38. The Labute approximate surface area is 150 Å². The molecule has 2 aromatic rings. The van der Waals surface area contributed by atoms with E-state index >= 15 is 0 Å². The number of amides is 1. The van der Waals surface area contributed by atoms with Crippen LogP contribution in [0.15, 0.2) is 23.3 Å². The van der Waals surface area contributed by atoms with Crippen LogP contribution >= 0.6 is 34.8 Å². The Morgan fingerprint density at radius 1 is 1.21 bits per heavy atom. The van der Waals surface area contributed by atoms with Crippen molar-refractivity contribution in [3.05, 3.63) is 56.3 Å². The van der Waals surface area contributed by atoms with Crippen LogP contribution in [0.5, 0.6) is 0 Å². The van der Waals surface area contributed by atoms with Crippen LogP contribution in [-0.2, 0) is 0 Å². The number of nitrogens with two attached hydrogens (primary N) is 1. The predicted molar refractivity (Wildman–Crippen MR) is 88.5 cm³/mol. The first-order valence-corrected chi connectivity index (χ1v) is 7.51. The third-order valence-corrected chi connectivity index (χ3v) is 4.16. The zero-order valence-electron chi connectivity index (χ0n) is 12.1. The number of halogens is 5. The number of aromatic nitrogens is 1. The minimum atomic E-state index is -0.818. The van der Waals surface area contributed by atoms with E-state index in [1.165, 1.54) is 13.0 Å². The summed E-state index contributed by atoms with van der Waals surface area (Å²) < 4.78 is 27.3. The van der Waals surface area contributed by atoms with Crippen molar-refractivity contribution in [3.63, 3.8) is 0 Å². The lowest BCUT2D eigenvalue weighted by Gasteiger charge is -2.05. The van der Waals surface area contributed by atoms with Gasteiger partial charge in [0.1, 0.15) is 21.7 Å². The Bertz CT molecular complexity index is 838. The molecule has 24 heavy (non-hydrogen) atoms. The first kappa shape index (κ1) is 18.4. The number of nitrogens with zero attached hydrogens (tertiary/aromatic N) is 1. The SMILES string of the molecule is C/C(=N/NC(=O)c1[nH+]c(Cl)c(Cl)c(N)c1Cl)c1c(F)cccc1F. The maximum absolute atomic E-state index is 13.7. The van der Waals surface area contributed by atoms with Crippen molar-refractivity contribution in [1.82, 2.24) is 5.43 Å². The Morgan fingerprint density at radius 3 is 2.38 bits per heavy atom. The molecule has 1 aromatic carbocycles. The average Bonchev–Trinajstić information content (AvgIpc) is 2.53. The van der Waals surface area contributed by atoms with Crippen molar-refractivity contribution >= 4 is 52.1 Å². The van der Waals surface area contributed by atoms with Gasteiger partial charge in [0.25, 0.3) is 10.8 Å². The smallest absolute Gasteiger partial charge is 0.337 e. The monoisotopic (exact) mass is 393 g/mol. The van der Waals surface area contributed by atoms with E-state index in [2.05, 4.69) is 15.5 Å². The third-order valence-electron chi connectivity index (χ3n) is 3.00. The van der Waals surface area contributed by atoms with E-state index in [0.29, 0.717) is 0 Å². The fourth-order valence-electron chi connectivity index (χ4n) is 1.82. The molecular formula is C14H10Cl3F2N4O+. The minimum Gasteiger partial charge on any atom is -0.396 e. The molecule has 2 rings (SSSR count). The Kier molecular flexibility index (Phi) is 5.58. The Hall–Kier alpha value is -1.96. The summed E-state index contributed by atoms with van der Waals surface area (Å²) in [5.74, 6) is -2.44. The fourth-order valence-corrected chi connectivity index (χ4v) is 2.43. The molecule has 4 N–H and O–H groups in total. The van der Waals surface area contributed by atoms with Crippen LogP contribution in [0.1, 0.15) is 23.0 Å². The summed E-state index contributed by atoms with van der Waals surface area (Å²) in [4.78, 5) is 14.6. The van der Waals surface area contributed by atoms with Crippen molar-refractivity contribution in [2.45, 2.75) is 6.92 Å². The number of rotatable bonds is 3. The zero-order valence-corrected chi connectivity index (χ0v) is 14.3. The number of hydrazone groups is 1. The minimum absolute atomic E-state index is 0.0358. The van der Waals surface area contributed by atoms with E-state index in [0.717, 1.165) is 12.1 Å². The topological polar surface area (TPSA) is 81.6 Å². The van der Waals surface area contributed by atoms with E-state index in [-0.39, 0.29) is 37.9 Å². The molecule has 1 aromatic heterocycles. The molecule has 0 saturated heterocycles. The number of hydrogen-bond donors (Lipinski definition) is 2. The number of anilines is 1. The van der Waals surface area contributed by atoms with Gasteiger partial charge in [-0.2, -0.15) is 10.1 Å². The molecular weight excluding hydrogens is 385 g/mol. The molecule has 0 radical (unpaired) electrons. The highest BCUT2D eigenvalue weighted by atomic mass is 35.5. The van der Waals surface area contributed by atoms with Gasteiger partial charge >= 0.3 is 5.91 Å². The van der Waals surface area contributed by atoms with Crippen LogP contribution in [0.2, 0.25) is 15.2 Å². The van der Waals surface area contributed by atoms with Crippen LogP contribution in [0.4, 0.5) is 14.5 Å². The standard InChI is InChI=1S/C14H9Cl3F2N4O/c1-5(8-6(18)3-2-4-7(8)19)22-23-14(24)12-9(15)11(20)10(16)13(17)21-12/h2-4H,1H3,(H2,20,21)(H,23,24)/p+1/b22-5-. The van der Waals surface area contributed by atoms with Crippen molar-refractivity contribution < 1.29 is 18.6 Å². The van der Waals surface area contributed by atoms with Crippen molar-refractivity contribution in [2.75, 3.05) is 5.73 Å². The van der Waals surface area contributed by atoms with Gasteiger partial charge in [-0.1, -0.05) is 29.3 Å². The number of carbonyl (C=O) groups is 1. The molecule has 0 bridgehead atoms. The number of benzene rings is 1. The molecule has 0 aliphatic heterocycles. The molecule has 10 heteroatoms. The van der Waals surface area contributed by atoms with E-state index in [1.807, 2.05) is 0 Å². The molecule has 0 fully saturated rings. The molecule has 0 unspecified atom stereocenters. The lowest BCUT2D eigenvalue weighted by atomic mass is 10.1. The van der Waals surface area contributed by atoms with Gasteiger partial charge in [-0.15, -0.1) is 0 Å². The maximum atomic E-state index is 13.7. The molecule has 0 atom stereocenters. The quantitative estimate of drug-likeness (QED) is 0.475. The van der Waals surface area contributed by atoms with Crippen LogP contribution in [0.25, 0.3) is 0 Å². The summed E-state index contributed by atoms with van der Waals surface area (Å²) in [6, 6.07) is 3.36. The second-order valence-electron chi connectivity index (χ2n) is 4.59. The fraction of sp³-hybridized carbons (Fsp3) is 0.0714. The zero-order chi connectivity index (χ0) is 18.0. The third kappa shape index (κ3) is 3.58. The second-order valence-corrected chi connectivity index (χ2v) is 5.72. The van der Waals surface area contributed by atoms with Gasteiger partial charge in [0.2, 0.25) is 0 Å². The highest BCUT2D eigenvalue weighted by molar-refractivity contribution is 6.45. The molecule has 0 aliphatic carbocycles. The molecule has 1 amide bonds. The number of aromatic amines is 1. The van der Waals surface area contributed by atoms with Crippen LogP contribution < -0.4 is 16.1 Å². The maximum Gasteiger partial charge on any atom is 0.337 e. The van der Waals surface area contributed by atoms with Crippen LogP contribution in [-0.4, -0.2) is 11.6 Å². The Balaban J connectivity index is 2.31. The molecule has 0 saturated carbocycles. The number of H-pyrrole nitrogens is 1. The first-order chi connectivity index (χ1) is 11.2. The van der Waals surface area contributed by atoms with Gasteiger partial charge in [0, 0.05) is 0 Å². The van der Waals surface area contributed by atoms with E-state index < -0.39 is 17.5 Å². The molecule has 0 aliphatic rings. The largest absolute Gasteiger partial charge is 0.396 e. The summed E-state index contributed by atoms with van der Waals surface area (Å²) in [6.45, 7) is 1.33. The summed E-state index contributed by atoms with van der Waals surface area (Å²) >= 11 is 17.5. The van der Waals surface area contributed by atoms with Gasteiger partial charge in [-0.3, -0.25) is 4.79 Å². The predicted octanol–water partition coefficient (Wildman–Crippen LogP) is 3.48. The number of nitrogens with one attached hydrogen (secondary N) is 2. The van der Waals surface area contributed by atoms with Gasteiger partial charge in [0.05, 0.1) is 17.0 Å².